The molecule has 0 aromatic heterocycles. The summed E-state index contributed by atoms with van der Waals surface area (Å²) in [5, 5.41) is 8.16. The molecule has 5 nitrogen and oxygen atoms in total. The zero-order valence-corrected chi connectivity index (χ0v) is 7.45. The van der Waals surface area contributed by atoms with E-state index in [4.69, 9.17) is 11.0 Å². The summed E-state index contributed by atoms with van der Waals surface area (Å²) >= 11 is 0. The molecule has 0 rings (SSSR count). The van der Waals surface area contributed by atoms with Crippen LogP contribution in [0.5, 0.6) is 0 Å². The van der Waals surface area contributed by atoms with Crippen molar-refractivity contribution >= 4 is 11.8 Å². The first kappa shape index (κ1) is 11.6. The van der Waals surface area contributed by atoms with Crippen LogP contribution < -0.4 is 5.73 Å². The quantitative estimate of drug-likeness (QED) is 0.594. The maximum Gasteiger partial charge on any atom is 0.323 e. The number of esters is 1. The van der Waals surface area contributed by atoms with Crippen molar-refractivity contribution in [1.82, 2.24) is 0 Å². The molecule has 72 valence electrons. The summed E-state index contributed by atoms with van der Waals surface area (Å²) in [4.78, 5) is 21.8. The average molecular weight is 184 g/mol. The number of hydrogen-bond acceptors (Lipinski definition) is 5. The molecule has 0 aromatic carbocycles. The Morgan fingerprint density at radius 3 is 2.69 bits per heavy atom. The highest BCUT2D eigenvalue weighted by molar-refractivity contribution is 5.87. The molecule has 0 radical (unpaired) electrons. The van der Waals surface area contributed by atoms with Gasteiger partial charge in [0.25, 0.3) is 0 Å². The van der Waals surface area contributed by atoms with Gasteiger partial charge in [-0.15, -0.1) is 0 Å². The number of ether oxygens (including phenoxy) is 1. The average Bonchev–Trinajstić information content (AvgIpc) is 2.05. The molecule has 13 heavy (non-hydrogen) atoms. The Balaban J connectivity index is 3.86. The fraction of sp³-hybridized carbons (Fsp3) is 0.625. The Bertz CT molecular complexity index is 232. The number of carbonyl (C=O) groups is 2. The molecule has 0 heterocycles. The molecule has 0 saturated carbocycles. The highest BCUT2D eigenvalue weighted by Crippen LogP contribution is 1.96. The number of hydrogen-bond donors (Lipinski definition) is 1. The highest BCUT2D eigenvalue weighted by Gasteiger charge is 2.17. The topological polar surface area (TPSA) is 93.2 Å². The molecule has 0 aliphatic rings. The molecule has 0 aliphatic heterocycles. The van der Waals surface area contributed by atoms with Gasteiger partial charge in [0.1, 0.15) is 11.8 Å². The molecular formula is C8H12N2O3. The van der Waals surface area contributed by atoms with Crippen LogP contribution in [0.4, 0.5) is 0 Å². The predicted octanol–water partition coefficient (Wildman–Crippen LogP) is -0.250. The third-order valence-corrected chi connectivity index (χ3v) is 1.31. The van der Waals surface area contributed by atoms with E-state index in [1.807, 2.05) is 0 Å². The lowest BCUT2D eigenvalue weighted by Gasteiger charge is -2.07. The normalized spacial score (nSPS) is 11.5. The van der Waals surface area contributed by atoms with Gasteiger partial charge in [0.15, 0.2) is 0 Å². The molecule has 5 heteroatoms. The van der Waals surface area contributed by atoms with Crippen LogP contribution in [0, 0.1) is 11.3 Å². The molecule has 0 amide bonds. The maximum atomic E-state index is 10.9. The van der Waals surface area contributed by atoms with E-state index in [1.54, 1.807) is 13.0 Å². The lowest BCUT2D eigenvalue weighted by atomic mass is 10.1. The third-order valence-electron chi connectivity index (χ3n) is 1.31. The Kier molecular flexibility index (Phi) is 5.48. The summed E-state index contributed by atoms with van der Waals surface area (Å²) in [5.41, 5.74) is 5.33. The molecule has 0 spiro atoms. The van der Waals surface area contributed by atoms with Gasteiger partial charge in [-0.05, 0) is 6.92 Å². The van der Waals surface area contributed by atoms with Gasteiger partial charge in [-0.3, -0.25) is 9.59 Å². The van der Waals surface area contributed by atoms with Crippen LogP contribution in [0.25, 0.3) is 0 Å². The second kappa shape index (κ2) is 6.14. The van der Waals surface area contributed by atoms with Crippen molar-refractivity contribution in [3.05, 3.63) is 0 Å². The van der Waals surface area contributed by atoms with Crippen molar-refractivity contribution in [3.63, 3.8) is 0 Å². The van der Waals surface area contributed by atoms with Gasteiger partial charge < -0.3 is 10.5 Å². The van der Waals surface area contributed by atoms with Crippen LogP contribution in [0.1, 0.15) is 19.8 Å². The molecule has 0 aliphatic carbocycles. The van der Waals surface area contributed by atoms with E-state index in [1.165, 1.54) is 0 Å². The molecule has 0 fully saturated rings. The minimum Gasteiger partial charge on any atom is -0.465 e. The van der Waals surface area contributed by atoms with Crippen LogP contribution in [0.3, 0.4) is 0 Å². The molecule has 0 aromatic rings. The predicted molar refractivity (Wildman–Crippen MR) is 44.5 cm³/mol. The standard InChI is InChI=1S/C8H12N2O3/c1-2-13-8(12)7(10)5-6(11)3-4-9/h7H,2-3,5,10H2,1H3. The monoisotopic (exact) mass is 184 g/mol. The first-order valence-corrected chi connectivity index (χ1v) is 3.92. The van der Waals surface area contributed by atoms with E-state index in [-0.39, 0.29) is 25.2 Å². The van der Waals surface area contributed by atoms with Crippen molar-refractivity contribution in [3.8, 4) is 6.07 Å². The number of nitriles is 1. The SMILES string of the molecule is CCOC(=O)C(N)CC(=O)CC#N. The summed E-state index contributed by atoms with van der Waals surface area (Å²) in [6.07, 6.45) is -0.348. The Morgan fingerprint density at radius 2 is 2.23 bits per heavy atom. The number of carbonyl (C=O) groups excluding carboxylic acids is 2. The Labute approximate surface area is 76.5 Å². The first-order valence-electron chi connectivity index (χ1n) is 3.92. The number of rotatable bonds is 5. The second-order valence-electron chi connectivity index (χ2n) is 2.44. The summed E-state index contributed by atoms with van der Waals surface area (Å²) < 4.78 is 4.58. The van der Waals surface area contributed by atoms with E-state index in [9.17, 15) is 9.59 Å². The van der Waals surface area contributed by atoms with E-state index in [0.717, 1.165) is 0 Å². The fourth-order valence-electron chi connectivity index (χ4n) is 0.738. The maximum absolute atomic E-state index is 10.9. The van der Waals surface area contributed by atoms with Gasteiger partial charge in [0, 0.05) is 6.42 Å². The lowest BCUT2D eigenvalue weighted by molar-refractivity contribution is -0.145. The van der Waals surface area contributed by atoms with Gasteiger partial charge in [-0.2, -0.15) is 5.26 Å². The fourth-order valence-corrected chi connectivity index (χ4v) is 0.738. The van der Waals surface area contributed by atoms with Crippen LogP contribution in [-0.2, 0) is 14.3 Å². The molecule has 1 unspecified atom stereocenters. The van der Waals surface area contributed by atoms with Crippen molar-refractivity contribution in [2.45, 2.75) is 25.8 Å². The highest BCUT2D eigenvalue weighted by atomic mass is 16.5. The van der Waals surface area contributed by atoms with E-state index >= 15 is 0 Å². The molecule has 2 N–H and O–H groups in total. The number of nitrogens with zero attached hydrogens (tertiary/aromatic N) is 1. The third kappa shape index (κ3) is 4.93. The van der Waals surface area contributed by atoms with Gasteiger partial charge in [-0.1, -0.05) is 0 Å². The van der Waals surface area contributed by atoms with Crippen LogP contribution in [0.2, 0.25) is 0 Å². The minimum absolute atomic E-state index is 0.133. The van der Waals surface area contributed by atoms with E-state index < -0.39 is 12.0 Å². The summed E-state index contributed by atoms with van der Waals surface area (Å²) in [6, 6.07) is 0.743. The first-order chi connectivity index (χ1) is 6.11. The Hall–Kier alpha value is -1.41. The Morgan fingerprint density at radius 1 is 1.62 bits per heavy atom. The van der Waals surface area contributed by atoms with Gasteiger partial charge in [-0.25, -0.2) is 0 Å². The zero-order valence-electron chi connectivity index (χ0n) is 7.45. The lowest BCUT2D eigenvalue weighted by Crippen LogP contribution is -2.34. The van der Waals surface area contributed by atoms with Crippen molar-refractivity contribution in [2.24, 2.45) is 5.73 Å². The molecule has 0 saturated heterocycles. The van der Waals surface area contributed by atoms with Gasteiger partial charge in [0.2, 0.25) is 0 Å². The van der Waals surface area contributed by atoms with Crippen LogP contribution in [0.15, 0.2) is 0 Å². The van der Waals surface area contributed by atoms with E-state index in [0.29, 0.717) is 0 Å². The smallest absolute Gasteiger partial charge is 0.323 e. The minimum atomic E-state index is -0.944. The largest absolute Gasteiger partial charge is 0.465 e. The van der Waals surface area contributed by atoms with Crippen LogP contribution >= 0.6 is 0 Å². The van der Waals surface area contributed by atoms with Gasteiger partial charge >= 0.3 is 5.97 Å². The molecule has 1 atom stereocenters. The van der Waals surface area contributed by atoms with Gasteiger partial charge in [0.05, 0.1) is 19.1 Å². The van der Waals surface area contributed by atoms with Crippen LogP contribution in [-0.4, -0.2) is 24.4 Å². The number of Topliss-reactive ketones (excluding diaryl/α,β-unsaturated/α-hetero) is 1. The van der Waals surface area contributed by atoms with Crippen molar-refractivity contribution in [1.29, 1.82) is 5.26 Å². The number of ketones is 1. The van der Waals surface area contributed by atoms with Crippen molar-refractivity contribution in [2.75, 3.05) is 6.61 Å². The zero-order chi connectivity index (χ0) is 10.3. The van der Waals surface area contributed by atoms with E-state index in [2.05, 4.69) is 4.74 Å². The van der Waals surface area contributed by atoms with Crippen molar-refractivity contribution < 1.29 is 14.3 Å². The second-order valence-corrected chi connectivity index (χ2v) is 2.44. The summed E-state index contributed by atoms with van der Waals surface area (Å²) in [7, 11) is 0. The molecular weight excluding hydrogens is 172 g/mol. The molecule has 0 bridgehead atoms. The number of nitrogens with two attached hydrogens (primary N) is 1. The summed E-state index contributed by atoms with van der Waals surface area (Å²) in [5.74, 6) is -0.947. The summed E-state index contributed by atoms with van der Waals surface area (Å²) in [6.45, 7) is 1.89.